The van der Waals surface area contributed by atoms with Gasteiger partial charge in [0.15, 0.2) is 0 Å². The van der Waals surface area contributed by atoms with Gasteiger partial charge in [-0.25, -0.2) is 0 Å². The molecule has 0 heterocycles. The Hall–Kier alpha value is -1.34. The number of hydrogen-bond donors (Lipinski definition) is 1. The molecular formula is C13H17N. The third kappa shape index (κ3) is 4.06. The Morgan fingerprint density at radius 1 is 1.36 bits per heavy atom. The molecule has 1 N–H and O–H groups in total. The van der Waals surface area contributed by atoms with Crippen LogP contribution in [-0.2, 0) is 0 Å². The quantitative estimate of drug-likeness (QED) is 0.699. The zero-order valence-corrected chi connectivity index (χ0v) is 8.61. The first-order valence-electron chi connectivity index (χ1n) is 4.90. The molecule has 0 fully saturated rings. The molecule has 0 amide bonds. The van der Waals surface area contributed by atoms with Crippen molar-refractivity contribution in [3.05, 3.63) is 54.6 Å². The first-order valence-corrected chi connectivity index (χ1v) is 4.90. The van der Waals surface area contributed by atoms with Gasteiger partial charge < -0.3 is 5.32 Å². The van der Waals surface area contributed by atoms with E-state index in [1.54, 1.807) is 0 Å². The summed E-state index contributed by atoms with van der Waals surface area (Å²) in [7, 11) is 0. The van der Waals surface area contributed by atoms with E-state index < -0.39 is 0 Å². The maximum atomic E-state index is 3.71. The van der Waals surface area contributed by atoms with Crippen LogP contribution >= 0.6 is 0 Å². The highest BCUT2D eigenvalue weighted by atomic mass is 14.9. The summed E-state index contributed by atoms with van der Waals surface area (Å²) >= 11 is 0. The smallest absolute Gasteiger partial charge is 0.0222 e. The van der Waals surface area contributed by atoms with Crippen molar-refractivity contribution in [3.63, 3.8) is 0 Å². The standard InChI is InChI=1S/C13H17N/c1-3-12(2)14-11-7-10-13-8-5-4-6-9-13/h3-10,12,14H,1,11H2,2H3/b10-7+. The predicted molar refractivity (Wildman–Crippen MR) is 63.1 cm³/mol. The van der Waals surface area contributed by atoms with E-state index in [1.807, 2.05) is 24.3 Å². The van der Waals surface area contributed by atoms with Gasteiger partial charge in [-0.15, -0.1) is 6.58 Å². The zero-order valence-electron chi connectivity index (χ0n) is 8.61. The van der Waals surface area contributed by atoms with Crippen molar-refractivity contribution in [2.24, 2.45) is 0 Å². The summed E-state index contributed by atoms with van der Waals surface area (Å²) in [6.45, 7) is 6.67. The lowest BCUT2D eigenvalue weighted by Gasteiger charge is -2.04. The Morgan fingerprint density at radius 2 is 2.07 bits per heavy atom. The van der Waals surface area contributed by atoms with Gasteiger partial charge in [-0.1, -0.05) is 48.6 Å². The Morgan fingerprint density at radius 3 is 2.71 bits per heavy atom. The van der Waals surface area contributed by atoms with Crippen molar-refractivity contribution in [3.8, 4) is 0 Å². The SMILES string of the molecule is C=CC(C)NC/C=C/c1ccccc1. The van der Waals surface area contributed by atoms with Gasteiger partial charge >= 0.3 is 0 Å². The number of nitrogens with one attached hydrogen (secondary N) is 1. The van der Waals surface area contributed by atoms with Gasteiger partial charge in [0, 0.05) is 12.6 Å². The van der Waals surface area contributed by atoms with E-state index in [4.69, 9.17) is 0 Å². The summed E-state index contributed by atoms with van der Waals surface area (Å²) in [5.41, 5.74) is 1.24. The minimum Gasteiger partial charge on any atom is -0.307 e. The van der Waals surface area contributed by atoms with Crippen molar-refractivity contribution >= 4 is 6.08 Å². The van der Waals surface area contributed by atoms with Crippen molar-refractivity contribution in [2.75, 3.05) is 6.54 Å². The Kier molecular flexibility index (Phi) is 4.73. The fourth-order valence-electron chi connectivity index (χ4n) is 1.10. The van der Waals surface area contributed by atoms with E-state index in [9.17, 15) is 0 Å². The maximum Gasteiger partial charge on any atom is 0.0222 e. The summed E-state index contributed by atoms with van der Waals surface area (Å²) < 4.78 is 0. The van der Waals surface area contributed by atoms with Crippen molar-refractivity contribution in [2.45, 2.75) is 13.0 Å². The third-order valence-corrected chi connectivity index (χ3v) is 2.02. The maximum absolute atomic E-state index is 3.71. The van der Waals surface area contributed by atoms with Crippen LogP contribution in [-0.4, -0.2) is 12.6 Å². The van der Waals surface area contributed by atoms with Crippen LogP contribution in [0.5, 0.6) is 0 Å². The van der Waals surface area contributed by atoms with E-state index in [-0.39, 0.29) is 0 Å². The molecule has 0 aliphatic carbocycles. The lowest BCUT2D eigenvalue weighted by Crippen LogP contribution is -2.23. The molecule has 14 heavy (non-hydrogen) atoms. The molecule has 1 nitrogen and oxygen atoms in total. The molecule has 0 aliphatic rings. The van der Waals surface area contributed by atoms with Crippen molar-refractivity contribution in [1.29, 1.82) is 0 Å². The van der Waals surface area contributed by atoms with Crippen LogP contribution in [0, 0.1) is 0 Å². The topological polar surface area (TPSA) is 12.0 Å². The van der Waals surface area contributed by atoms with Gasteiger partial charge in [-0.2, -0.15) is 0 Å². The molecule has 1 aromatic carbocycles. The minimum atomic E-state index is 0.371. The van der Waals surface area contributed by atoms with Gasteiger partial charge in [0.2, 0.25) is 0 Å². The fraction of sp³-hybridized carbons (Fsp3) is 0.231. The molecule has 1 unspecified atom stereocenters. The largest absolute Gasteiger partial charge is 0.307 e. The number of benzene rings is 1. The molecule has 0 saturated heterocycles. The highest BCUT2D eigenvalue weighted by Crippen LogP contribution is 1.99. The predicted octanol–water partition coefficient (Wildman–Crippen LogP) is 2.86. The average Bonchev–Trinajstić information content (AvgIpc) is 2.25. The summed E-state index contributed by atoms with van der Waals surface area (Å²) in [4.78, 5) is 0. The number of rotatable bonds is 5. The van der Waals surface area contributed by atoms with E-state index >= 15 is 0 Å². The van der Waals surface area contributed by atoms with Crippen LogP contribution < -0.4 is 5.32 Å². The van der Waals surface area contributed by atoms with Gasteiger partial charge in [0.25, 0.3) is 0 Å². The molecule has 74 valence electrons. The molecule has 0 radical (unpaired) electrons. The second kappa shape index (κ2) is 6.17. The lowest BCUT2D eigenvalue weighted by atomic mass is 10.2. The lowest BCUT2D eigenvalue weighted by molar-refractivity contribution is 0.687. The molecular weight excluding hydrogens is 170 g/mol. The van der Waals surface area contributed by atoms with E-state index in [0.717, 1.165) is 6.54 Å². The van der Waals surface area contributed by atoms with Crippen molar-refractivity contribution in [1.82, 2.24) is 5.32 Å². The number of hydrogen-bond acceptors (Lipinski definition) is 1. The zero-order chi connectivity index (χ0) is 10.2. The second-order valence-corrected chi connectivity index (χ2v) is 3.25. The molecule has 0 saturated carbocycles. The minimum absolute atomic E-state index is 0.371. The van der Waals surface area contributed by atoms with Crippen LogP contribution in [0.15, 0.2) is 49.1 Å². The van der Waals surface area contributed by atoms with Crippen LogP contribution in [0.3, 0.4) is 0 Å². The van der Waals surface area contributed by atoms with Gasteiger partial charge in [-0.05, 0) is 12.5 Å². The summed E-state index contributed by atoms with van der Waals surface area (Å²) in [5.74, 6) is 0. The first-order chi connectivity index (χ1) is 6.83. The summed E-state index contributed by atoms with van der Waals surface area (Å²) in [6, 6.07) is 10.7. The summed E-state index contributed by atoms with van der Waals surface area (Å²) in [5, 5.41) is 3.30. The van der Waals surface area contributed by atoms with Crippen LogP contribution in [0.2, 0.25) is 0 Å². The highest BCUT2D eigenvalue weighted by Gasteiger charge is 1.89. The van der Waals surface area contributed by atoms with Gasteiger partial charge in [0.05, 0.1) is 0 Å². The van der Waals surface area contributed by atoms with E-state index in [0.29, 0.717) is 6.04 Å². The van der Waals surface area contributed by atoms with Crippen LogP contribution in [0.25, 0.3) is 6.08 Å². The molecule has 0 bridgehead atoms. The monoisotopic (exact) mass is 187 g/mol. The Bertz CT molecular complexity index is 287. The Balaban J connectivity index is 2.31. The normalized spacial score (nSPS) is 12.9. The van der Waals surface area contributed by atoms with Crippen molar-refractivity contribution < 1.29 is 0 Å². The second-order valence-electron chi connectivity index (χ2n) is 3.25. The van der Waals surface area contributed by atoms with E-state index in [1.165, 1.54) is 5.56 Å². The molecule has 1 atom stereocenters. The molecule has 0 aliphatic heterocycles. The molecule has 0 aromatic heterocycles. The molecule has 0 spiro atoms. The van der Waals surface area contributed by atoms with Crippen LogP contribution in [0.4, 0.5) is 0 Å². The first kappa shape index (κ1) is 10.7. The van der Waals surface area contributed by atoms with E-state index in [2.05, 4.69) is 43.1 Å². The van der Waals surface area contributed by atoms with Crippen LogP contribution in [0.1, 0.15) is 12.5 Å². The molecule has 1 rings (SSSR count). The molecule has 1 heteroatoms. The Labute approximate surface area is 86.2 Å². The van der Waals surface area contributed by atoms with Gasteiger partial charge in [0.1, 0.15) is 0 Å². The van der Waals surface area contributed by atoms with Gasteiger partial charge in [-0.3, -0.25) is 0 Å². The fourth-order valence-corrected chi connectivity index (χ4v) is 1.10. The molecule has 1 aromatic rings. The average molecular weight is 187 g/mol. The highest BCUT2D eigenvalue weighted by molar-refractivity contribution is 5.48. The summed E-state index contributed by atoms with van der Waals surface area (Å²) in [6.07, 6.45) is 6.13. The third-order valence-electron chi connectivity index (χ3n) is 2.02.